The zero-order valence-electron chi connectivity index (χ0n) is 9.68. The monoisotopic (exact) mass is 290 g/mol. The zero-order valence-corrected chi connectivity index (χ0v) is 11.2. The van der Waals surface area contributed by atoms with Crippen LogP contribution in [0.25, 0.3) is 0 Å². The van der Waals surface area contributed by atoms with Gasteiger partial charge in [0.25, 0.3) is 0 Å². The highest BCUT2D eigenvalue weighted by atomic mass is 35.5. The molecule has 2 aromatic rings. The molecule has 0 saturated heterocycles. The number of carbonyl (C=O) groups is 1. The molecule has 1 atom stereocenters. The molecule has 3 nitrogen and oxygen atoms in total. The predicted molar refractivity (Wildman–Crippen MR) is 73.4 cm³/mol. The molecule has 0 aliphatic heterocycles. The predicted octanol–water partition coefficient (Wildman–Crippen LogP) is 3.88. The second-order valence-electron chi connectivity index (χ2n) is 3.78. The summed E-state index contributed by atoms with van der Waals surface area (Å²) in [5.41, 5.74) is 0.536. The van der Waals surface area contributed by atoms with E-state index in [9.17, 15) is 10.1 Å². The van der Waals surface area contributed by atoms with Crippen molar-refractivity contribution in [2.24, 2.45) is 0 Å². The lowest BCUT2D eigenvalue weighted by Crippen LogP contribution is -2.13. The molecule has 1 unspecified atom stereocenters. The van der Waals surface area contributed by atoms with Gasteiger partial charge in [-0.25, -0.2) is 0 Å². The van der Waals surface area contributed by atoms with Crippen LogP contribution in [-0.4, -0.2) is 10.8 Å². The molecule has 0 aliphatic rings. The van der Waals surface area contributed by atoms with Gasteiger partial charge in [0.05, 0.1) is 6.07 Å². The van der Waals surface area contributed by atoms with Crippen LogP contribution in [0.3, 0.4) is 0 Å². The lowest BCUT2D eigenvalue weighted by Gasteiger charge is -2.11. The molecule has 0 spiro atoms. The van der Waals surface area contributed by atoms with E-state index in [-0.39, 0.29) is 5.69 Å². The summed E-state index contributed by atoms with van der Waals surface area (Å²) in [7, 11) is 0. The highest BCUT2D eigenvalue weighted by Crippen LogP contribution is 2.32. The number of Topliss-reactive ketones (excluding diaryl/α,β-unsaturated/α-hetero) is 1. The molecule has 1 aromatic carbocycles. The highest BCUT2D eigenvalue weighted by Gasteiger charge is 2.26. The molecule has 1 aromatic heterocycles. The van der Waals surface area contributed by atoms with Gasteiger partial charge >= 0.3 is 0 Å². The molecule has 5 heteroatoms. The number of pyridine rings is 1. The molecule has 19 heavy (non-hydrogen) atoms. The van der Waals surface area contributed by atoms with Crippen LogP contribution >= 0.6 is 23.2 Å². The van der Waals surface area contributed by atoms with Crippen molar-refractivity contribution in [1.82, 2.24) is 4.98 Å². The van der Waals surface area contributed by atoms with Crippen molar-refractivity contribution in [2.75, 3.05) is 0 Å². The fourth-order valence-corrected chi connectivity index (χ4v) is 2.31. The Hall–Kier alpha value is -1.89. The summed E-state index contributed by atoms with van der Waals surface area (Å²) in [6.45, 7) is 0. The van der Waals surface area contributed by atoms with Crippen molar-refractivity contribution >= 4 is 29.0 Å². The van der Waals surface area contributed by atoms with Crippen molar-refractivity contribution in [3.63, 3.8) is 0 Å². The van der Waals surface area contributed by atoms with Crippen molar-refractivity contribution in [3.8, 4) is 6.07 Å². The second-order valence-corrected chi connectivity index (χ2v) is 4.59. The largest absolute Gasteiger partial charge is 0.291 e. The van der Waals surface area contributed by atoms with Gasteiger partial charge in [0.2, 0.25) is 5.78 Å². The summed E-state index contributed by atoms with van der Waals surface area (Å²) in [5, 5.41) is 9.83. The van der Waals surface area contributed by atoms with Crippen molar-refractivity contribution in [1.29, 1.82) is 5.26 Å². The van der Waals surface area contributed by atoms with Crippen molar-refractivity contribution in [3.05, 3.63) is 63.9 Å². The summed E-state index contributed by atoms with van der Waals surface area (Å²) >= 11 is 12.1. The van der Waals surface area contributed by atoms with E-state index in [0.717, 1.165) is 0 Å². The van der Waals surface area contributed by atoms with Crippen LogP contribution in [0.5, 0.6) is 0 Å². The fraction of sp³-hybridized carbons (Fsp3) is 0.0714. The topological polar surface area (TPSA) is 53.8 Å². The third-order valence-corrected chi connectivity index (χ3v) is 3.26. The summed E-state index contributed by atoms with van der Waals surface area (Å²) < 4.78 is 0. The Morgan fingerprint density at radius 1 is 1.16 bits per heavy atom. The van der Waals surface area contributed by atoms with Gasteiger partial charge in [-0.3, -0.25) is 9.78 Å². The molecule has 94 valence electrons. The average molecular weight is 291 g/mol. The van der Waals surface area contributed by atoms with Crippen LogP contribution in [0.4, 0.5) is 0 Å². The molecule has 2 rings (SSSR count). The standard InChI is InChI=1S/C14H8Cl2N2O/c15-10-4-3-5-11(16)13(10)9(8-17)14(19)12-6-1-2-7-18-12/h1-7,9H. The van der Waals surface area contributed by atoms with E-state index in [1.165, 1.54) is 6.20 Å². The third kappa shape index (κ3) is 2.76. The maximum Gasteiger partial charge on any atom is 0.202 e. The van der Waals surface area contributed by atoms with Gasteiger partial charge in [-0.05, 0) is 24.3 Å². The molecule has 0 saturated carbocycles. The number of hydrogen-bond donors (Lipinski definition) is 0. The van der Waals surface area contributed by atoms with Gasteiger partial charge in [0, 0.05) is 21.8 Å². The Bertz CT molecular complexity index is 630. The van der Waals surface area contributed by atoms with Gasteiger partial charge in [0.15, 0.2) is 0 Å². The molecular formula is C14H8Cl2N2O. The van der Waals surface area contributed by atoms with Crippen LogP contribution in [0, 0.1) is 11.3 Å². The number of aromatic nitrogens is 1. The van der Waals surface area contributed by atoms with Gasteiger partial charge in [0.1, 0.15) is 11.6 Å². The second kappa shape index (κ2) is 5.83. The van der Waals surface area contributed by atoms with Crippen LogP contribution in [0.2, 0.25) is 10.0 Å². The molecular weight excluding hydrogens is 283 g/mol. The SMILES string of the molecule is N#CC(C(=O)c1ccccn1)c1c(Cl)cccc1Cl. The quantitative estimate of drug-likeness (QED) is 0.806. The van der Waals surface area contributed by atoms with Gasteiger partial charge in [-0.1, -0.05) is 35.3 Å². The van der Waals surface area contributed by atoms with E-state index >= 15 is 0 Å². The molecule has 0 bridgehead atoms. The van der Waals surface area contributed by atoms with E-state index in [1.807, 2.05) is 6.07 Å². The number of ketones is 1. The Morgan fingerprint density at radius 3 is 2.37 bits per heavy atom. The van der Waals surface area contributed by atoms with Crippen LogP contribution < -0.4 is 0 Å². The number of nitriles is 1. The van der Waals surface area contributed by atoms with E-state index < -0.39 is 11.7 Å². The first-order chi connectivity index (χ1) is 9.15. The summed E-state index contributed by atoms with van der Waals surface area (Å²) in [4.78, 5) is 16.2. The van der Waals surface area contributed by atoms with E-state index in [0.29, 0.717) is 15.6 Å². The van der Waals surface area contributed by atoms with E-state index in [2.05, 4.69) is 4.98 Å². The molecule has 1 heterocycles. The fourth-order valence-electron chi connectivity index (χ4n) is 1.70. The summed E-state index contributed by atoms with van der Waals surface area (Å²) in [5.74, 6) is -1.48. The number of halogens is 2. The highest BCUT2D eigenvalue weighted by molar-refractivity contribution is 6.36. The lowest BCUT2D eigenvalue weighted by molar-refractivity contribution is 0.0974. The lowest BCUT2D eigenvalue weighted by atomic mass is 9.94. The summed E-state index contributed by atoms with van der Waals surface area (Å²) in [6, 6.07) is 11.7. The van der Waals surface area contributed by atoms with Gasteiger partial charge in [-0.2, -0.15) is 5.26 Å². The van der Waals surface area contributed by atoms with Crippen LogP contribution in [-0.2, 0) is 0 Å². The normalized spacial score (nSPS) is 11.6. The third-order valence-electron chi connectivity index (χ3n) is 2.60. The first-order valence-corrected chi connectivity index (χ1v) is 6.19. The van der Waals surface area contributed by atoms with Gasteiger partial charge < -0.3 is 0 Å². The van der Waals surface area contributed by atoms with E-state index in [4.69, 9.17) is 23.2 Å². The smallest absolute Gasteiger partial charge is 0.202 e. The number of carbonyl (C=O) groups excluding carboxylic acids is 1. The van der Waals surface area contributed by atoms with Crippen LogP contribution in [0.1, 0.15) is 22.0 Å². The molecule has 0 amide bonds. The Balaban J connectivity index is 2.47. The summed E-state index contributed by atoms with van der Waals surface area (Å²) in [6.07, 6.45) is 1.50. The average Bonchev–Trinajstić information content (AvgIpc) is 2.43. The minimum Gasteiger partial charge on any atom is -0.291 e. The Kier molecular flexibility index (Phi) is 4.16. The maximum absolute atomic E-state index is 12.3. The molecule has 0 radical (unpaired) electrons. The first-order valence-electron chi connectivity index (χ1n) is 5.44. The minimum atomic E-state index is -1.06. The number of rotatable bonds is 3. The molecule has 0 aliphatic carbocycles. The number of hydrogen-bond acceptors (Lipinski definition) is 3. The zero-order chi connectivity index (χ0) is 13.8. The first kappa shape index (κ1) is 13.5. The van der Waals surface area contributed by atoms with Gasteiger partial charge in [-0.15, -0.1) is 0 Å². The number of nitrogens with zero attached hydrogens (tertiary/aromatic N) is 2. The maximum atomic E-state index is 12.3. The number of benzene rings is 1. The Labute approximate surface area is 120 Å². The van der Waals surface area contributed by atoms with Crippen molar-refractivity contribution < 1.29 is 4.79 Å². The van der Waals surface area contributed by atoms with E-state index in [1.54, 1.807) is 36.4 Å². The van der Waals surface area contributed by atoms with Crippen molar-refractivity contribution in [2.45, 2.75) is 5.92 Å². The Morgan fingerprint density at radius 2 is 1.84 bits per heavy atom. The molecule has 0 fully saturated rings. The minimum absolute atomic E-state index is 0.213. The molecule has 0 N–H and O–H groups in total. The van der Waals surface area contributed by atoms with Crippen LogP contribution in [0.15, 0.2) is 42.6 Å².